The minimum atomic E-state index is -2.14. The normalized spacial score (nSPS) is 24.4. The van der Waals surface area contributed by atoms with Crippen LogP contribution in [-0.2, 0) is 14.3 Å². The van der Waals surface area contributed by atoms with E-state index in [1.165, 1.54) is 30.3 Å². The second-order valence-electron chi connectivity index (χ2n) is 8.64. The van der Waals surface area contributed by atoms with Gasteiger partial charge in [0.15, 0.2) is 0 Å². The number of benzene rings is 3. The number of hydrogen-bond acceptors (Lipinski definition) is 5. The maximum Gasteiger partial charge on any atom is 0.241 e. The number of ketones is 2. The van der Waals surface area contributed by atoms with Crippen LogP contribution >= 0.6 is 39.1 Å². The first kappa shape index (κ1) is 22.6. The quantitative estimate of drug-likeness (QED) is 0.302. The Bertz CT molecular complexity index is 1440. The number of imide groups is 1. The molecule has 2 saturated heterocycles. The topological polar surface area (TPSA) is 80.8 Å². The van der Waals surface area contributed by atoms with E-state index in [1.54, 1.807) is 36.4 Å². The molecule has 0 unspecified atom stereocenters. The number of ether oxygens (including phenoxy) is 1. The van der Waals surface area contributed by atoms with E-state index in [9.17, 15) is 19.2 Å². The minimum Gasteiger partial charge on any atom is -0.349 e. The van der Waals surface area contributed by atoms with Crippen molar-refractivity contribution in [2.75, 3.05) is 4.90 Å². The van der Waals surface area contributed by atoms with Gasteiger partial charge in [0, 0.05) is 20.6 Å². The molecule has 174 valence electrons. The molecular formula is C26H14BrCl2NO5. The fourth-order valence-corrected chi connectivity index (χ4v) is 6.00. The average Bonchev–Trinajstić information content (AvgIpc) is 3.41. The van der Waals surface area contributed by atoms with Gasteiger partial charge in [-0.15, -0.1) is 0 Å². The summed E-state index contributed by atoms with van der Waals surface area (Å²) in [6, 6.07) is 17.8. The molecule has 0 saturated carbocycles. The van der Waals surface area contributed by atoms with Gasteiger partial charge in [-0.3, -0.25) is 19.2 Å². The highest BCUT2D eigenvalue weighted by molar-refractivity contribution is 9.10. The summed E-state index contributed by atoms with van der Waals surface area (Å²) in [6.07, 6.45) is -1.00. The lowest BCUT2D eigenvalue weighted by atomic mass is 9.77. The van der Waals surface area contributed by atoms with E-state index >= 15 is 0 Å². The van der Waals surface area contributed by atoms with E-state index in [0.717, 1.165) is 9.37 Å². The molecule has 3 aliphatic rings. The van der Waals surface area contributed by atoms with Crippen molar-refractivity contribution in [3.8, 4) is 0 Å². The Morgan fingerprint density at radius 3 is 2.09 bits per heavy atom. The second-order valence-corrected chi connectivity index (χ2v) is 10.4. The highest BCUT2D eigenvalue weighted by atomic mass is 79.9. The highest BCUT2D eigenvalue weighted by Gasteiger charge is 2.74. The lowest BCUT2D eigenvalue weighted by Gasteiger charge is -2.27. The number of fused-ring (bicyclic) bond motifs is 3. The number of halogens is 3. The standard InChI is InChI=1S/C26H14BrCl2NO5/c27-13-7-5-12(6-8-13)21-19-20(25(34)30(24(19)33)18-11-14(28)9-10-17(18)29)26(35-21)22(31)15-3-1-2-4-16(15)23(26)32/h1-11,19-21H/t19-,20-,21-/m0/s1. The third-order valence-electron chi connectivity index (χ3n) is 6.87. The lowest BCUT2D eigenvalue weighted by molar-refractivity contribution is -0.127. The van der Waals surface area contributed by atoms with Gasteiger partial charge in [-0.05, 0) is 35.9 Å². The van der Waals surface area contributed by atoms with Crippen molar-refractivity contribution >= 4 is 68.2 Å². The van der Waals surface area contributed by atoms with Crippen molar-refractivity contribution in [3.63, 3.8) is 0 Å². The summed E-state index contributed by atoms with van der Waals surface area (Å²) in [5.41, 5.74) is -1.13. The van der Waals surface area contributed by atoms with Crippen LogP contribution in [0, 0.1) is 11.8 Å². The molecule has 6 nitrogen and oxygen atoms in total. The summed E-state index contributed by atoms with van der Waals surface area (Å²) in [4.78, 5) is 56.1. The summed E-state index contributed by atoms with van der Waals surface area (Å²) >= 11 is 15.9. The molecule has 35 heavy (non-hydrogen) atoms. The van der Waals surface area contributed by atoms with Crippen molar-refractivity contribution in [2.45, 2.75) is 11.7 Å². The molecule has 2 fully saturated rings. The number of amides is 2. The molecule has 6 rings (SSSR count). The Balaban J connectivity index is 1.56. The van der Waals surface area contributed by atoms with Crippen LogP contribution in [0.1, 0.15) is 32.4 Å². The molecule has 0 N–H and O–H groups in total. The fraction of sp³-hybridized carbons (Fsp3) is 0.154. The molecule has 1 aliphatic carbocycles. The molecule has 3 aromatic carbocycles. The molecule has 0 bridgehead atoms. The van der Waals surface area contributed by atoms with E-state index in [0.29, 0.717) is 5.56 Å². The van der Waals surface area contributed by atoms with Crippen LogP contribution in [0.2, 0.25) is 10.0 Å². The average molecular weight is 571 g/mol. The molecule has 1 spiro atoms. The Hall–Kier alpha value is -2.84. The van der Waals surface area contributed by atoms with Gasteiger partial charge in [0.1, 0.15) is 0 Å². The maximum absolute atomic E-state index is 13.9. The molecular weight excluding hydrogens is 557 g/mol. The van der Waals surface area contributed by atoms with Crippen LogP contribution in [0.4, 0.5) is 5.69 Å². The summed E-state index contributed by atoms with van der Waals surface area (Å²) < 4.78 is 7.05. The Kier molecular flexibility index (Phi) is 5.06. The predicted molar refractivity (Wildman–Crippen MR) is 132 cm³/mol. The molecule has 9 heteroatoms. The van der Waals surface area contributed by atoms with E-state index in [-0.39, 0.29) is 26.9 Å². The van der Waals surface area contributed by atoms with Crippen molar-refractivity contribution in [3.05, 3.63) is 97.9 Å². The number of Topliss-reactive ketones (excluding diaryl/α,β-unsaturated/α-hetero) is 2. The number of hydrogen-bond donors (Lipinski definition) is 0. The minimum absolute atomic E-state index is 0.101. The summed E-state index contributed by atoms with van der Waals surface area (Å²) in [5, 5.41) is 0.413. The Morgan fingerprint density at radius 1 is 0.829 bits per heavy atom. The number of rotatable bonds is 2. The van der Waals surface area contributed by atoms with Gasteiger partial charge < -0.3 is 4.74 Å². The monoisotopic (exact) mass is 569 g/mol. The molecule has 2 aliphatic heterocycles. The van der Waals surface area contributed by atoms with Crippen LogP contribution in [0.25, 0.3) is 0 Å². The molecule has 0 aromatic heterocycles. The van der Waals surface area contributed by atoms with Gasteiger partial charge >= 0.3 is 0 Å². The molecule has 0 radical (unpaired) electrons. The van der Waals surface area contributed by atoms with E-state index in [2.05, 4.69) is 15.9 Å². The number of nitrogens with zero attached hydrogens (tertiary/aromatic N) is 1. The molecule has 2 amide bonds. The zero-order valence-electron chi connectivity index (χ0n) is 17.7. The Labute approximate surface area is 217 Å². The van der Waals surface area contributed by atoms with Gasteiger partial charge in [0.2, 0.25) is 29.0 Å². The smallest absolute Gasteiger partial charge is 0.241 e. The summed E-state index contributed by atoms with van der Waals surface area (Å²) in [6.45, 7) is 0. The lowest BCUT2D eigenvalue weighted by Crippen LogP contribution is -2.51. The summed E-state index contributed by atoms with van der Waals surface area (Å²) in [5.74, 6) is -5.03. The van der Waals surface area contributed by atoms with E-state index < -0.39 is 46.9 Å². The molecule has 2 heterocycles. The zero-order valence-corrected chi connectivity index (χ0v) is 20.8. The van der Waals surface area contributed by atoms with Gasteiger partial charge in [-0.25, -0.2) is 4.90 Å². The Morgan fingerprint density at radius 2 is 1.46 bits per heavy atom. The number of carbonyl (C=O) groups excluding carboxylic acids is 4. The zero-order chi connectivity index (χ0) is 24.6. The van der Waals surface area contributed by atoms with Gasteiger partial charge in [0.05, 0.1) is 28.6 Å². The second kappa shape index (κ2) is 7.83. The van der Waals surface area contributed by atoms with Gasteiger partial charge in [0.25, 0.3) is 0 Å². The number of carbonyl (C=O) groups is 4. The highest BCUT2D eigenvalue weighted by Crippen LogP contribution is 2.58. The predicted octanol–water partition coefficient (Wildman–Crippen LogP) is 5.45. The van der Waals surface area contributed by atoms with Crippen LogP contribution < -0.4 is 4.90 Å². The van der Waals surface area contributed by atoms with Crippen molar-refractivity contribution in [2.24, 2.45) is 11.8 Å². The van der Waals surface area contributed by atoms with Crippen LogP contribution in [0.15, 0.2) is 71.2 Å². The van der Waals surface area contributed by atoms with E-state index in [1.807, 2.05) is 0 Å². The van der Waals surface area contributed by atoms with Crippen molar-refractivity contribution in [1.82, 2.24) is 0 Å². The first-order chi connectivity index (χ1) is 16.8. The third-order valence-corrected chi connectivity index (χ3v) is 7.95. The van der Waals surface area contributed by atoms with Crippen LogP contribution in [0.5, 0.6) is 0 Å². The van der Waals surface area contributed by atoms with Crippen LogP contribution in [0.3, 0.4) is 0 Å². The summed E-state index contributed by atoms with van der Waals surface area (Å²) in [7, 11) is 0. The maximum atomic E-state index is 13.9. The third kappa shape index (κ3) is 2.99. The molecule has 3 aromatic rings. The first-order valence-corrected chi connectivity index (χ1v) is 12.3. The van der Waals surface area contributed by atoms with Gasteiger partial charge in [-0.2, -0.15) is 0 Å². The SMILES string of the molecule is O=C1[C@H]2[C@@H](C(=O)N1c1cc(Cl)ccc1Cl)C1(O[C@H]2c2ccc(Br)cc2)C(=O)c2ccccc2C1=O. The van der Waals surface area contributed by atoms with Crippen molar-refractivity contribution < 1.29 is 23.9 Å². The van der Waals surface area contributed by atoms with E-state index in [4.69, 9.17) is 27.9 Å². The molecule has 3 atom stereocenters. The number of anilines is 1. The largest absolute Gasteiger partial charge is 0.349 e. The van der Waals surface area contributed by atoms with Crippen LogP contribution in [-0.4, -0.2) is 29.0 Å². The van der Waals surface area contributed by atoms with Crippen molar-refractivity contribution in [1.29, 1.82) is 0 Å². The van der Waals surface area contributed by atoms with Gasteiger partial charge in [-0.1, -0.05) is 75.5 Å². The fourth-order valence-electron chi connectivity index (χ4n) is 5.37. The first-order valence-electron chi connectivity index (χ1n) is 10.7.